The molecule has 2 aromatic rings. The topological polar surface area (TPSA) is 0 Å². The van der Waals surface area contributed by atoms with Gasteiger partial charge < -0.3 is 0 Å². The summed E-state index contributed by atoms with van der Waals surface area (Å²) >= 11 is 6.27. The van der Waals surface area contributed by atoms with Crippen LogP contribution in [0.15, 0.2) is 30.3 Å². The SMILES string of the molecule is Bc1cccc2c(Cl)cc(CCC)cc12. The van der Waals surface area contributed by atoms with E-state index in [1.54, 1.807) is 0 Å². The second kappa shape index (κ2) is 4.28. The zero-order valence-corrected chi connectivity index (χ0v) is 9.93. The Kier molecular flexibility index (Phi) is 3.02. The molecule has 0 unspecified atom stereocenters. The highest BCUT2D eigenvalue weighted by Gasteiger charge is 2.03. The highest BCUT2D eigenvalue weighted by Crippen LogP contribution is 2.24. The summed E-state index contributed by atoms with van der Waals surface area (Å²) in [6, 6.07) is 10.6. The Balaban J connectivity index is 2.68. The van der Waals surface area contributed by atoms with Gasteiger partial charge in [0.15, 0.2) is 0 Å². The van der Waals surface area contributed by atoms with Crippen molar-refractivity contribution in [2.75, 3.05) is 0 Å². The predicted molar refractivity (Wildman–Crippen MR) is 71.1 cm³/mol. The first-order chi connectivity index (χ1) is 7.22. The van der Waals surface area contributed by atoms with Crippen molar-refractivity contribution >= 4 is 35.7 Å². The minimum absolute atomic E-state index is 0.875. The second-order valence-corrected chi connectivity index (χ2v) is 4.40. The average Bonchev–Trinajstić information content (AvgIpc) is 2.20. The van der Waals surface area contributed by atoms with E-state index in [1.165, 1.54) is 16.4 Å². The summed E-state index contributed by atoms with van der Waals surface area (Å²) in [5, 5.41) is 3.32. The molecule has 0 amide bonds. The third-order valence-electron chi connectivity index (χ3n) is 2.76. The van der Waals surface area contributed by atoms with Crippen molar-refractivity contribution in [2.24, 2.45) is 0 Å². The van der Waals surface area contributed by atoms with Crippen LogP contribution in [0.3, 0.4) is 0 Å². The van der Waals surface area contributed by atoms with Gasteiger partial charge in [0.25, 0.3) is 0 Å². The zero-order valence-electron chi connectivity index (χ0n) is 9.18. The molecular weight excluding hydrogens is 202 g/mol. The van der Waals surface area contributed by atoms with Crippen molar-refractivity contribution in [1.82, 2.24) is 0 Å². The molecule has 0 aromatic heterocycles. The fourth-order valence-corrected chi connectivity index (χ4v) is 2.29. The van der Waals surface area contributed by atoms with Crippen LogP contribution in [0.5, 0.6) is 0 Å². The van der Waals surface area contributed by atoms with E-state index in [-0.39, 0.29) is 0 Å². The molecule has 2 rings (SSSR count). The molecule has 0 saturated carbocycles. The Morgan fingerprint density at radius 3 is 2.73 bits per heavy atom. The van der Waals surface area contributed by atoms with E-state index in [0.717, 1.165) is 23.3 Å². The summed E-state index contributed by atoms with van der Waals surface area (Å²) < 4.78 is 0. The summed E-state index contributed by atoms with van der Waals surface area (Å²) in [4.78, 5) is 0. The monoisotopic (exact) mass is 216 g/mol. The van der Waals surface area contributed by atoms with Crippen LogP contribution in [0.4, 0.5) is 0 Å². The molecule has 0 nitrogen and oxygen atoms in total. The van der Waals surface area contributed by atoms with Crippen LogP contribution >= 0.6 is 11.6 Å². The fourth-order valence-electron chi connectivity index (χ4n) is 1.98. The molecule has 0 radical (unpaired) electrons. The van der Waals surface area contributed by atoms with Gasteiger partial charge in [-0.1, -0.05) is 54.7 Å². The van der Waals surface area contributed by atoms with Crippen molar-refractivity contribution < 1.29 is 0 Å². The Hall–Kier alpha value is -0.945. The van der Waals surface area contributed by atoms with Gasteiger partial charge in [0.05, 0.1) is 0 Å². The lowest BCUT2D eigenvalue weighted by Gasteiger charge is -2.07. The van der Waals surface area contributed by atoms with Gasteiger partial charge in [0, 0.05) is 5.02 Å². The molecule has 0 saturated heterocycles. The van der Waals surface area contributed by atoms with Crippen LogP contribution in [-0.4, -0.2) is 7.85 Å². The zero-order chi connectivity index (χ0) is 10.8. The maximum atomic E-state index is 6.27. The largest absolute Gasteiger partial charge is 0.140 e. The standard InChI is InChI=1S/C13H14BCl/c1-2-4-9-7-11-10(13(15)8-9)5-3-6-12(11)14/h3,5-8H,2,4,14H2,1H3. The number of rotatable bonds is 2. The van der Waals surface area contributed by atoms with Crippen LogP contribution in [0.1, 0.15) is 18.9 Å². The highest BCUT2D eigenvalue weighted by molar-refractivity contribution is 6.42. The molecule has 0 aliphatic rings. The summed E-state index contributed by atoms with van der Waals surface area (Å²) in [5.74, 6) is 0. The van der Waals surface area contributed by atoms with Crippen molar-refractivity contribution in [2.45, 2.75) is 19.8 Å². The Morgan fingerprint density at radius 2 is 2.00 bits per heavy atom. The molecule has 0 N–H and O–H groups in total. The molecular formula is C13H14BCl. The van der Waals surface area contributed by atoms with Crippen molar-refractivity contribution in [3.05, 3.63) is 40.9 Å². The predicted octanol–water partition coefficient (Wildman–Crippen LogP) is 2.70. The Morgan fingerprint density at radius 1 is 1.20 bits per heavy atom. The Labute approximate surface area is 96.7 Å². The normalized spacial score (nSPS) is 10.8. The first kappa shape index (κ1) is 10.6. The Bertz CT molecular complexity index is 491. The van der Waals surface area contributed by atoms with Gasteiger partial charge in [-0.05, 0) is 28.8 Å². The minimum atomic E-state index is 0.875. The van der Waals surface area contributed by atoms with E-state index in [1.807, 2.05) is 0 Å². The van der Waals surface area contributed by atoms with Crippen LogP contribution in [0.25, 0.3) is 10.8 Å². The highest BCUT2D eigenvalue weighted by atomic mass is 35.5. The third-order valence-corrected chi connectivity index (χ3v) is 3.07. The number of aryl methyl sites for hydroxylation is 1. The van der Waals surface area contributed by atoms with Gasteiger partial charge in [0.1, 0.15) is 7.85 Å². The number of benzene rings is 2. The average molecular weight is 217 g/mol. The van der Waals surface area contributed by atoms with Crippen LogP contribution < -0.4 is 5.46 Å². The molecule has 2 heteroatoms. The van der Waals surface area contributed by atoms with Gasteiger partial charge in [0.2, 0.25) is 0 Å². The second-order valence-electron chi connectivity index (χ2n) is 4.00. The smallest absolute Gasteiger partial charge is 0.0837 e. The summed E-state index contributed by atoms with van der Waals surface area (Å²) in [6.45, 7) is 2.19. The molecule has 0 aliphatic heterocycles. The number of hydrogen-bond donors (Lipinski definition) is 0. The molecule has 0 bridgehead atoms. The van der Waals surface area contributed by atoms with Gasteiger partial charge in [-0.3, -0.25) is 0 Å². The van der Waals surface area contributed by atoms with Gasteiger partial charge >= 0.3 is 0 Å². The maximum absolute atomic E-state index is 6.27. The van der Waals surface area contributed by atoms with E-state index in [0.29, 0.717) is 0 Å². The lowest BCUT2D eigenvalue weighted by atomic mass is 9.89. The van der Waals surface area contributed by atoms with E-state index in [2.05, 4.69) is 45.1 Å². The minimum Gasteiger partial charge on any atom is -0.0837 e. The summed E-state index contributed by atoms with van der Waals surface area (Å²) in [6.07, 6.45) is 2.26. The van der Waals surface area contributed by atoms with E-state index in [4.69, 9.17) is 11.6 Å². The van der Waals surface area contributed by atoms with Crippen LogP contribution in [0, 0.1) is 0 Å². The molecule has 76 valence electrons. The number of hydrogen-bond acceptors (Lipinski definition) is 0. The molecule has 0 spiro atoms. The first-order valence-electron chi connectivity index (χ1n) is 5.40. The van der Waals surface area contributed by atoms with Gasteiger partial charge in [-0.25, -0.2) is 0 Å². The lowest BCUT2D eigenvalue weighted by molar-refractivity contribution is 0.924. The molecule has 2 aromatic carbocycles. The van der Waals surface area contributed by atoms with Crippen molar-refractivity contribution in [3.63, 3.8) is 0 Å². The van der Waals surface area contributed by atoms with Gasteiger partial charge in [-0.15, -0.1) is 0 Å². The molecule has 15 heavy (non-hydrogen) atoms. The van der Waals surface area contributed by atoms with Crippen LogP contribution in [0.2, 0.25) is 5.02 Å². The first-order valence-corrected chi connectivity index (χ1v) is 5.78. The molecule has 0 heterocycles. The van der Waals surface area contributed by atoms with Crippen LogP contribution in [-0.2, 0) is 6.42 Å². The number of fused-ring (bicyclic) bond motifs is 1. The van der Waals surface area contributed by atoms with Crippen molar-refractivity contribution in [3.8, 4) is 0 Å². The number of halogens is 1. The fraction of sp³-hybridized carbons (Fsp3) is 0.231. The maximum Gasteiger partial charge on any atom is 0.140 e. The summed E-state index contributed by atoms with van der Waals surface area (Å²) in [7, 11) is 2.13. The van der Waals surface area contributed by atoms with E-state index >= 15 is 0 Å². The quantitative estimate of drug-likeness (QED) is 0.677. The van der Waals surface area contributed by atoms with E-state index in [9.17, 15) is 0 Å². The van der Waals surface area contributed by atoms with Crippen molar-refractivity contribution in [1.29, 1.82) is 0 Å². The molecule has 0 fully saturated rings. The van der Waals surface area contributed by atoms with Gasteiger partial charge in [-0.2, -0.15) is 0 Å². The molecule has 0 atom stereocenters. The summed E-state index contributed by atoms with van der Waals surface area (Å²) in [5.41, 5.74) is 2.64. The third kappa shape index (κ3) is 2.03. The lowest BCUT2D eigenvalue weighted by Crippen LogP contribution is -2.03. The van der Waals surface area contributed by atoms with E-state index < -0.39 is 0 Å². The molecule has 0 aliphatic carbocycles.